The van der Waals surface area contributed by atoms with E-state index in [1.54, 1.807) is 6.20 Å². The number of primary amides is 1. The first-order chi connectivity index (χ1) is 15.1. The van der Waals surface area contributed by atoms with Crippen molar-refractivity contribution in [2.45, 2.75) is 0 Å². The fourth-order valence-corrected chi connectivity index (χ4v) is 4.12. The molecule has 2 aromatic carbocycles. The lowest BCUT2D eigenvalue weighted by atomic mass is 10.00. The van der Waals surface area contributed by atoms with E-state index in [2.05, 4.69) is 25.0 Å². The number of anilines is 3. The van der Waals surface area contributed by atoms with Crippen LogP contribution in [-0.4, -0.2) is 47.3 Å². The second kappa shape index (κ2) is 7.64. The third-order valence-electron chi connectivity index (χ3n) is 5.78. The van der Waals surface area contributed by atoms with Crippen LogP contribution >= 0.6 is 0 Å². The topological polar surface area (TPSA) is 117 Å². The number of fused-ring (bicyclic) bond motifs is 1. The first-order valence-electron chi connectivity index (χ1n) is 10.2. The number of aromatic amines is 1. The SMILES string of the molecule is NC(=O)c1ccc(-c2ccc3c(N)n[nH]c3c2)cc1N1CCN(c2ccccn2)CC1. The van der Waals surface area contributed by atoms with Crippen LogP contribution in [0.3, 0.4) is 0 Å². The monoisotopic (exact) mass is 413 g/mol. The van der Waals surface area contributed by atoms with Gasteiger partial charge < -0.3 is 21.3 Å². The van der Waals surface area contributed by atoms with E-state index >= 15 is 0 Å². The van der Waals surface area contributed by atoms with E-state index in [0.717, 1.165) is 59.7 Å². The normalized spacial score (nSPS) is 14.2. The highest BCUT2D eigenvalue weighted by Gasteiger charge is 2.22. The largest absolute Gasteiger partial charge is 0.382 e. The van der Waals surface area contributed by atoms with Gasteiger partial charge >= 0.3 is 0 Å². The van der Waals surface area contributed by atoms with Crippen molar-refractivity contribution < 1.29 is 4.79 Å². The van der Waals surface area contributed by atoms with E-state index in [-0.39, 0.29) is 0 Å². The molecule has 156 valence electrons. The van der Waals surface area contributed by atoms with Gasteiger partial charge in [0, 0.05) is 37.8 Å². The Morgan fingerprint density at radius 3 is 2.42 bits per heavy atom. The quantitative estimate of drug-likeness (QED) is 0.473. The predicted molar refractivity (Wildman–Crippen MR) is 123 cm³/mol. The number of hydrogen-bond acceptors (Lipinski definition) is 6. The van der Waals surface area contributed by atoms with Gasteiger partial charge in [0.15, 0.2) is 5.82 Å². The first-order valence-corrected chi connectivity index (χ1v) is 10.2. The average Bonchev–Trinajstić information content (AvgIpc) is 3.19. The molecule has 1 fully saturated rings. The summed E-state index contributed by atoms with van der Waals surface area (Å²) in [5, 5.41) is 7.91. The molecule has 2 aromatic heterocycles. The lowest BCUT2D eigenvalue weighted by Crippen LogP contribution is -2.47. The molecule has 31 heavy (non-hydrogen) atoms. The number of piperazine rings is 1. The van der Waals surface area contributed by atoms with Crippen LogP contribution in [-0.2, 0) is 0 Å². The number of H-pyrrole nitrogens is 1. The van der Waals surface area contributed by atoms with Crippen LogP contribution in [0.15, 0.2) is 60.8 Å². The zero-order valence-electron chi connectivity index (χ0n) is 17.0. The molecule has 0 atom stereocenters. The summed E-state index contributed by atoms with van der Waals surface area (Å²) in [6.07, 6.45) is 1.81. The summed E-state index contributed by atoms with van der Waals surface area (Å²) >= 11 is 0. The van der Waals surface area contributed by atoms with Crippen LogP contribution in [0.4, 0.5) is 17.3 Å². The number of pyridine rings is 1. The molecule has 0 saturated carbocycles. The lowest BCUT2D eigenvalue weighted by Gasteiger charge is -2.37. The molecule has 0 bridgehead atoms. The minimum absolute atomic E-state index is 0.425. The molecule has 5 N–H and O–H groups in total. The predicted octanol–water partition coefficient (Wildman–Crippen LogP) is 2.63. The van der Waals surface area contributed by atoms with Crippen LogP contribution in [0.1, 0.15) is 10.4 Å². The molecular formula is C23H23N7O. The van der Waals surface area contributed by atoms with E-state index < -0.39 is 5.91 Å². The summed E-state index contributed by atoms with van der Waals surface area (Å²) < 4.78 is 0. The van der Waals surface area contributed by atoms with Crippen molar-refractivity contribution in [2.75, 3.05) is 41.7 Å². The number of carbonyl (C=O) groups is 1. The van der Waals surface area contributed by atoms with Gasteiger partial charge in [-0.05, 0) is 47.5 Å². The van der Waals surface area contributed by atoms with Gasteiger partial charge in [-0.1, -0.05) is 18.2 Å². The molecule has 1 aliphatic rings. The summed E-state index contributed by atoms with van der Waals surface area (Å²) in [4.78, 5) is 21.0. The minimum Gasteiger partial charge on any atom is -0.382 e. The van der Waals surface area contributed by atoms with Gasteiger partial charge in [0.2, 0.25) is 0 Å². The average molecular weight is 413 g/mol. The van der Waals surface area contributed by atoms with Crippen molar-refractivity contribution in [1.29, 1.82) is 0 Å². The summed E-state index contributed by atoms with van der Waals surface area (Å²) in [6.45, 7) is 3.19. The van der Waals surface area contributed by atoms with Gasteiger partial charge in [-0.2, -0.15) is 5.10 Å². The summed E-state index contributed by atoms with van der Waals surface area (Å²) in [5.41, 5.74) is 15.9. The van der Waals surface area contributed by atoms with E-state index in [4.69, 9.17) is 11.5 Å². The second-order valence-electron chi connectivity index (χ2n) is 7.63. The Morgan fingerprint density at radius 2 is 1.68 bits per heavy atom. The number of hydrogen-bond donors (Lipinski definition) is 3. The van der Waals surface area contributed by atoms with Crippen molar-refractivity contribution >= 4 is 34.1 Å². The molecule has 8 nitrogen and oxygen atoms in total. The number of nitrogens with two attached hydrogens (primary N) is 2. The number of nitrogens with one attached hydrogen (secondary N) is 1. The second-order valence-corrected chi connectivity index (χ2v) is 7.63. The number of rotatable bonds is 4. The fraction of sp³-hybridized carbons (Fsp3) is 0.174. The summed E-state index contributed by atoms with van der Waals surface area (Å²) in [5.74, 6) is 1.03. The molecule has 1 saturated heterocycles. The van der Waals surface area contributed by atoms with Crippen molar-refractivity contribution in [3.63, 3.8) is 0 Å². The smallest absolute Gasteiger partial charge is 0.250 e. The Labute approximate surface area is 179 Å². The molecule has 0 unspecified atom stereocenters. The van der Waals surface area contributed by atoms with E-state index in [1.165, 1.54) is 0 Å². The first kappa shape index (κ1) is 18.9. The van der Waals surface area contributed by atoms with Crippen molar-refractivity contribution in [3.8, 4) is 11.1 Å². The minimum atomic E-state index is -0.425. The number of carbonyl (C=O) groups excluding carboxylic acids is 1. The molecule has 5 rings (SSSR count). The Kier molecular flexibility index (Phi) is 4.66. The third kappa shape index (κ3) is 3.52. The number of amides is 1. The fourth-order valence-electron chi connectivity index (χ4n) is 4.12. The maximum absolute atomic E-state index is 12.1. The van der Waals surface area contributed by atoms with Gasteiger partial charge in [-0.3, -0.25) is 9.89 Å². The highest BCUT2D eigenvalue weighted by atomic mass is 16.1. The standard InChI is InChI=1S/C23H23N7O/c24-22-17-6-4-15(13-19(17)27-28-22)16-5-7-18(23(25)31)20(14-16)29-9-11-30(12-10-29)21-3-1-2-8-26-21/h1-8,13-14H,9-12H2,(H2,25,31)(H3,24,27,28). The van der Waals surface area contributed by atoms with Gasteiger partial charge in [0.25, 0.3) is 5.91 Å². The molecular weight excluding hydrogens is 390 g/mol. The zero-order valence-corrected chi connectivity index (χ0v) is 17.0. The molecule has 0 radical (unpaired) electrons. The lowest BCUT2D eigenvalue weighted by molar-refractivity contribution is 0.100. The zero-order chi connectivity index (χ0) is 21.4. The Bertz CT molecular complexity index is 1240. The number of aromatic nitrogens is 3. The van der Waals surface area contributed by atoms with E-state index in [0.29, 0.717) is 11.4 Å². The van der Waals surface area contributed by atoms with Crippen molar-refractivity contribution in [3.05, 3.63) is 66.4 Å². The van der Waals surface area contributed by atoms with Gasteiger partial charge in [0.1, 0.15) is 5.82 Å². The van der Waals surface area contributed by atoms with Crippen LogP contribution < -0.4 is 21.3 Å². The van der Waals surface area contributed by atoms with Gasteiger partial charge in [-0.15, -0.1) is 0 Å². The summed E-state index contributed by atoms with van der Waals surface area (Å²) in [7, 11) is 0. The van der Waals surface area contributed by atoms with Crippen molar-refractivity contribution in [1.82, 2.24) is 15.2 Å². The maximum atomic E-state index is 12.1. The maximum Gasteiger partial charge on any atom is 0.250 e. The van der Waals surface area contributed by atoms with Crippen LogP contribution in [0.25, 0.3) is 22.0 Å². The van der Waals surface area contributed by atoms with Crippen LogP contribution in [0.2, 0.25) is 0 Å². The number of nitrogen functional groups attached to an aromatic ring is 1. The Morgan fingerprint density at radius 1 is 0.935 bits per heavy atom. The molecule has 1 amide bonds. The highest BCUT2D eigenvalue weighted by molar-refractivity contribution is 6.00. The van der Waals surface area contributed by atoms with E-state index in [9.17, 15) is 4.79 Å². The highest BCUT2D eigenvalue weighted by Crippen LogP contribution is 2.31. The molecule has 0 spiro atoms. The molecule has 3 heterocycles. The van der Waals surface area contributed by atoms with Crippen LogP contribution in [0.5, 0.6) is 0 Å². The molecule has 1 aliphatic heterocycles. The number of benzene rings is 2. The molecule has 0 aliphatic carbocycles. The van der Waals surface area contributed by atoms with Crippen LogP contribution in [0, 0.1) is 0 Å². The summed E-state index contributed by atoms with van der Waals surface area (Å²) in [6, 6.07) is 17.7. The van der Waals surface area contributed by atoms with Gasteiger partial charge in [-0.25, -0.2) is 4.98 Å². The Balaban J connectivity index is 1.45. The van der Waals surface area contributed by atoms with E-state index in [1.807, 2.05) is 54.6 Å². The molecule has 8 heteroatoms. The molecule has 4 aromatic rings. The number of nitrogens with zero attached hydrogens (tertiary/aromatic N) is 4. The van der Waals surface area contributed by atoms with Crippen molar-refractivity contribution in [2.24, 2.45) is 5.73 Å². The van der Waals surface area contributed by atoms with Gasteiger partial charge in [0.05, 0.1) is 16.8 Å². The third-order valence-corrected chi connectivity index (χ3v) is 5.78. The Hall–Kier alpha value is -4.07.